The molecule has 1 aromatic carbocycles. The predicted octanol–water partition coefficient (Wildman–Crippen LogP) is 4.06. The third kappa shape index (κ3) is 3.50. The third-order valence-electron chi connectivity index (χ3n) is 2.92. The standard InChI is InChI=1S/C14H9F4NO3S/c1-6-9(7-2-4-8(15)5-3-7)10(12(20)21)11(23-6)19-13(22)14(16,17)18/h2-5H,1H3,(H,19,22)(H,20,21). The summed E-state index contributed by atoms with van der Waals surface area (Å²) in [7, 11) is 0. The molecule has 0 atom stereocenters. The second-order valence-corrected chi connectivity index (χ2v) is 5.73. The van der Waals surface area contributed by atoms with Gasteiger partial charge in [0.15, 0.2) is 0 Å². The number of hydrogen-bond acceptors (Lipinski definition) is 3. The zero-order chi connectivity index (χ0) is 17.4. The SMILES string of the molecule is Cc1sc(NC(=O)C(F)(F)F)c(C(=O)O)c1-c1ccc(F)cc1. The molecule has 1 aromatic heterocycles. The monoisotopic (exact) mass is 347 g/mol. The maximum absolute atomic E-state index is 13.0. The van der Waals surface area contributed by atoms with E-state index in [0.717, 1.165) is 12.1 Å². The molecule has 2 N–H and O–H groups in total. The fourth-order valence-corrected chi connectivity index (χ4v) is 3.04. The van der Waals surface area contributed by atoms with Crippen LogP contribution >= 0.6 is 11.3 Å². The molecule has 0 aliphatic carbocycles. The van der Waals surface area contributed by atoms with Gasteiger partial charge in [0.1, 0.15) is 16.4 Å². The van der Waals surface area contributed by atoms with E-state index in [0.29, 0.717) is 21.8 Å². The first-order valence-electron chi connectivity index (χ1n) is 6.12. The molecule has 0 unspecified atom stereocenters. The van der Waals surface area contributed by atoms with Crippen molar-refractivity contribution in [2.45, 2.75) is 13.1 Å². The molecule has 0 aliphatic heterocycles. The number of halogens is 4. The molecular formula is C14H9F4NO3S. The fraction of sp³-hybridized carbons (Fsp3) is 0.143. The first-order chi connectivity index (χ1) is 10.6. The zero-order valence-electron chi connectivity index (χ0n) is 11.5. The molecule has 0 saturated carbocycles. The highest BCUT2D eigenvalue weighted by Gasteiger charge is 2.40. The Hall–Kier alpha value is -2.42. The molecule has 1 amide bonds. The van der Waals surface area contributed by atoms with Crippen molar-refractivity contribution in [3.05, 3.63) is 40.5 Å². The lowest BCUT2D eigenvalue weighted by Crippen LogP contribution is -2.30. The van der Waals surface area contributed by atoms with Crippen LogP contribution in [-0.4, -0.2) is 23.2 Å². The highest BCUT2D eigenvalue weighted by atomic mass is 32.1. The number of carbonyl (C=O) groups excluding carboxylic acids is 1. The Morgan fingerprint density at radius 1 is 1.17 bits per heavy atom. The van der Waals surface area contributed by atoms with Crippen molar-refractivity contribution < 1.29 is 32.3 Å². The molecule has 2 rings (SSSR count). The van der Waals surface area contributed by atoms with Crippen LogP contribution in [0.25, 0.3) is 11.1 Å². The van der Waals surface area contributed by atoms with E-state index in [2.05, 4.69) is 0 Å². The topological polar surface area (TPSA) is 66.4 Å². The van der Waals surface area contributed by atoms with E-state index in [4.69, 9.17) is 0 Å². The Balaban J connectivity index is 2.55. The molecule has 0 bridgehead atoms. The van der Waals surface area contributed by atoms with Gasteiger partial charge in [0.2, 0.25) is 0 Å². The van der Waals surface area contributed by atoms with E-state index >= 15 is 0 Å². The number of hydrogen-bond donors (Lipinski definition) is 2. The van der Waals surface area contributed by atoms with Gasteiger partial charge in [0.25, 0.3) is 0 Å². The molecule has 122 valence electrons. The van der Waals surface area contributed by atoms with Gasteiger partial charge in [-0.25, -0.2) is 9.18 Å². The highest BCUT2D eigenvalue weighted by molar-refractivity contribution is 7.17. The van der Waals surface area contributed by atoms with Crippen molar-refractivity contribution in [1.82, 2.24) is 0 Å². The second kappa shape index (κ2) is 5.99. The van der Waals surface area contributed by atoms with E-state index < -0.39 is 34.4 Å². The van der Waals surface area contributed by atoms with Crippen molar-refractivity contribution in [3.8, 4) is 11.1 Å². The van der Waals surface area contributed by atoms with E-state index in [1.807, 2.05) is 0 Å². The van der Waals surface area contributed by atoms with Gasteiger partial charge in [-0.15, -0.1) is 11.3 Å². The summed E-state index contributed by atoms with van der Waals surface area (Å²) in [6, 6.07) is 4.83. The zero-order valence-corrected chi connectivity index (χ0v) is 12.3. The number of carboxylic acids is 1. The van der Waals surface area contributed by atoms with E-state index in [9.17, 15) is 32.3 Å². The number of aromatic carboxylic acids is 1. The Labute approximate surface area is 131 Å². The average Bonchev–Trinajstić information content (AvgIpc) is 2.75. The number of amides is 1. The number of carbonyl (C=O) groups is 2. The number of thiophene rings is 1. The summed E-state index contributed by atoms with van der Waals surface area (Å²) in [5, 5.41) is 10.4. The lowest BCUT2D eigenvalue weighted by Gasteiger charge is -2.08. The summed E-state index contributed by atoms with van der Waals surface area (Å²) in [5.74, 6) is -4.29. The van der Waals surface area contributed by atoms with Gasteiger partial charge in [0.05, 0.1) is 0 Å². The molecule has 23 heavy (non-hydrogen) atoms. The molecule has 2 aromatic rings. The highest BCUT2D eigenvalue weighted by Crippen LogP contribution is 2.40. The molecule has 0 radical (unpaired) electrons. The average molecular weight is 347 g/mol. The quantitative estimate of drug-likeness (QED) is 0.823. The molecule has 1 heterocycles. The summed E-state index contributed by atoms with van der Waals surface area (Å²) in [5.41, 5.74) is 0.00161. The van der Waals surface area contributed by atoms with E-state index in [-0.39, 0.29) is 5.56 Å². The van der Waals surface area contributed by atoms with Gasteiger partial charge in [-0.2, -0.15) is 13.2 Å². The van der Waals surface area contributed by atoms with Crippen molar-refractivity contribution in [2.75, 3.05) is 5.32 Å². The second-order valence-electron chi connectivity index (χ2n) is 4.50. The van der Waals surface area contributed by atoms with Crippen LogP contribution in [0.1, 0.15) is 15.2 Å². The molecule has 9 heteroatoms. The fourth-order valence-electron chi connectivity index (χ4n) is 1.97. The van der Waals surface area contributed by atoms with Crippen LogP contribution in [0.5, 0.6) is 0 Å². The molecule has 0 saturated heterocycles. The summed E-state index contributed by atoms with van der Waals surface area (Å²) in [6.45, 7) is 1.50. The van der Waals surface area contributed by atoms with Gasteiger partial charge < -0.3 is 10.4 Å². The van der Waals surface area contributed by atoms with E-state index in [1.54, 1.807) is 5.32 Å². The van der Waals surface area contributed by atoms with Gasteiger partial charge in [0, 0.05) is 10.4 Å². The van der Waals surface area contributed by atoms with Crippen LogP contribution in [0.15, 0.2) is 24.3 Å². The summed E-state index contributed by atoms with van der Waals surface area (Å²) < 4.78 is 50.0. The van der Waals surface area contributed by atoms with Gasteiger partial charge in [-0.3, -0.25) is 4.79 Å². The van der Waals surface area contributed by atoms with Crippen molar-refractivity contribution in [1.29, 1.82) is 0 Å². The Morgan fingerprint density at radius 3 is 2.22 bits per heavy atom. The third-order valence-corrected chi connectivity index (χ3v) is 3.94. The number of alkyl halides is 3. The van der Waals surface area contributed by atoms with Crippen molar-refractivity contribution >= 4 is 28.2 Å². The number of rotatable bonds is 3. The molecule has 0 fully saturated rings. The minimum Gasteiger partial charge on any atom is -0.478 e. The molecule has 0 spiro atoms. The van der Waals surface area contributed by atoms with Crippen LogP contribution in [-0.2, 0) is 4.79 Å². The molecular weight excluding hydrogens is 338 g/mol. The van der Waals surface area contributed by atoms with Gasteiger partial charge >= 0.3 is 18.1 Å². The lowest BCUT2D eigenvalue weighted by molar-refractivity contribution is -0.167. The Morgan fingerprint density at radius 2 is 1.74 bits per heavy atom. The van der Waals surface area contributed by atoms with Gasteiger partial charge in [-0.1, -0.05) is 12.1 Å². The maximum Gasteiger partial charge on any atom is 0.471 e. The van der Waals surface area contributed by atoms with Crippen molar-refractivity contribution in [3.63, 3.8) is 0 Å². The normalized spacial score (nSPS) is 11.3. The number of carboxylic acid groups (broad SMARTS) is 1. The summed E-state index contributed by atoms with van der Waals surface area (Å²) in [6.07, 6.45) is -5.14. The first kappa shape index (κ1) is 16.9. The predicted molar refractivity (Wildman–Crippen MR) is 76.1 cm³/mol. The van der Waals surface area contributed by atoms with Crippen molar-refractivity contribution in [2.24, 2.45) is 0 Å². The van der Waals surface area contributed by atoms with Gasteiger partial charge in [-0.05, 0) is 24.6 Å². The van der Waals surface area contributed by atoms with Crippen LogP contribution in [0.4, 0.5) is 22.6 Å². The number of anilines is 1. The minimum atomic E-state index is -5.14. The first-order valence-corrected chi connectivity index (χ1v) is 6.93. The largest absolute Gasteiger partial charge is 0.478 e. The summed E-state index contributed by atoms with van der Waals surface area (Å²) in [4.78, 5) is 22.8. The number of aryl methyl sites for hydroxylation is 1. The minimum absolute atomic E-state index is 0.139. The smallest absolute Gasteiger partial charge is 0.471 e. The van der Waals surface area contributed by atoms with Crippen LogP contribution in [0.3, 0.4) is 0 Å². The molecule has 4 nitrogen and oxygen atoms in total. The molecule has 0 aliphatic rings. The lowest BCUT2D eigenvalue weighted by atomic mass is 10.0. The Bertz CT molecular complexity index is 766. The van der Waals surface area contributed by atoms with Crippen LogP contribution < -0.4 is 5.32 Å². The maximum atomic E-state index is 13.0. The summed E-state index contributed by atoms with van der Waals surface area (Å²) >= 11 is 0.706. The van der Waals surface area contributed by atoms with E-state index in [1.165, 1.54) is 19.1 Å². The number of benzene rings is 1. The van der Waals surface area contributed by atoms with Crippen LogP contribution in [0.2, 0.25) is 0 Å². The van der Waals surface area contributed by atoms with Crippen LogP contribution in [0, 0.1) is 12.7 Å². The number of nitrogens with one attached hydrogen (secondary N) is 1. The Kier molecular flexibility index (Phi) is 4.42.